The molecule has 11 heteroatoms. The molecular formula is C15H27N5O6. The lowest BCUT2D eigenvalue weighted by atomic mass is 9.99. The fourth-order valence-electron chi connectivity index (χ4n) is 1.85. The largest absolute Gasteiger partial charge is 0.480 e. The average molecular weight is 373 g/mol. The van der Waals surface area contributed by atoms with Crippen molar-refractivity contribution in [1.29, 1.82) is 0 Å². The van der Waals surface area contributed by atoms with Gasteiger partial charge in [-0.15, -0.1) is 0 Å². The molecule has 0 aliphatic heterocycles. The highest BCUT2D eigenvalue weighted by atomic mass is 16.4. The molecule has 0 aliphatic carbocycles. The second kappa shape index (κ2) is 11.0. The first-order valence-corrected chi connectivity index (χ1v) is 8.13. The number of amides is 4. The van der Waals surface area contributed by atoms with Gasteiger partial charge in [-0.1, -0.05) is 20.3 Å². The molecule has 0 bridgehead atoms. The molecule has 0 saturated carbocycles. The van der Waals surface area contributed by atoms with Gasteiger partial charge in [-0.25, -0.2) is 4.79 Å². The molecule has 4 amide bonds. The van der Waals surface area contributed by atoms with Gasteiger partial charge in [0.25, 0.3) is 0 Å². The highest BCUT2D eigenvalue weighted by molar-refractivity contribution is 5.93. The van der Waals surface area contributed by atoms with Crippen LogP contribution in [0, 0.1) is 5.92 Å². The molecule has 0 aromatic carbocycles. The standard InChI is InChI=1S/C15H27N5O6/c1-4-7(2)12(17)14(24)19-8(3)13(23)18-6-11(22)20-9(15(25)26)5-10(16)21/h7-9,12H,4-6,17H2,1-3H3,(H2,16,21)(H,18,23)(H,19,24)(H,20,22)(H,25,26). The van der Waals surface area contributed by atoms with Crippen molar-refractivity contribution in [2.75, 3.05) is 6.54 Å². The van der Waals surface area contributed by atoms with Crippen molar-refractivity contribution < 1.29 is 29.1 Å². The van der Waals surface area contributed by atoms with E-state index in [2.05, 4.69) is 16.0 Å². The average Bonchev–Trinajstić information content (AvgIpc) is 2.56. The number of nitrogens with one attached hydrogen (secondary N) is 3. The third-order valence-electron chi connectivity index (χ3n) is 3.77. The van der Waals surface area contributed by atoms with Crippen LogP contribution in [0.2, 0.25) is 0 Å². The summed E-state index contributed by atoms with van der Waals surface area (Å²) in [5.74, 6) is -4.33. The van der Waals surface area contributed by atoms with Crippen LogP contribution in [0.5, 0.6) is 0 Å². The zero-order chi connectivity index (χ0) is 20.4. The molecule has 11 nitrogen and oxygen atoms in total. The number of carbonyl (C=O) groups is 5. The molecular weight excluding hydrogens is 346 g/mol. The summed E-state index contributed by atoms with van der Waals surface area (Å²) in [7, 11) is 0. The third-order valence-corrected chi connectivity index (χ3v) is 3.77. The van der Waals surface area contributed by atoms with E-state index in [4.69, 9.17) is 16.6 Å². The van der Waals surface area contributed by atoms with Crippen molar-refractivity contribution in [3.63, 3.8) is 0 Å². The molecule has 0 heterocycles. The van der Waals surface area contributed by atoms with E-state index in [1.165, 1.54) is 6.92 Å². The summed E-state index contributed by atoms with van der Waals surface area (Å²) in [6, 6.07) is -3.18. The van der Waals surface area contributed by atoms with Gasteiger partial charge in [-0.2, -0.15) is 0 Å². The lowest BCUT2D eigenvalue weighted by Crippen LogP contribution is -2.53. The maximum Gasteiger partial charge on any atom is 0.326 e. The zero-order valence-electron chi connectivity index (χ0n) is 15.1. The van der Waals surface area contributed by atoms with Crippen LogP contribution in [0.3, 0.4) is 0 Å². The van der Waals surface area contributed by atoms with E-state index in [0.717, 1.165) is 0 Å². The maximum absolute atomic E-state index is 11.9. The lowest BCUT2D eigenvalue weighted by Gasteiger charge is -2.21. The second-order valence-electron chi connectivity index (χ2n) is 5.99. The van der Waals surface area contributed by atoms with Crippen LogP contribution in [0.15, 0.2) is 0 Å². The maximum atomic E-state index is 11.9. The Balaban J connectivity index is 4.46. The van der Waals surface area contributed by atoms with Gasteiger partial charge >= 0.3 is 5.97 Å². The Bertz CT molecular complexity index is 553. The number of carboxylic acids is 1. The van der Waals surface area contributed by atoms with E-state index in [0.29, 0.717) is 6.42 Å². The first-order chi connectivity index (χ1) is 12.0. The van der Waals surface area contributed by atoms with Crippen molar-refractivity contribution in [2.24, 2.45) is 17.4 Å². The monoisotopic (exact) mass is 373 g/mol. The fraction of sp³-hybridized carbons (Fsp3) is 0.667. The summed E-state index contributed by atoms with van der Waals surface area (Å²) >= 11 is 0. The Kier molecular flexibility index (Phi) is 9.89. The van der Waals surface area contributed by atoms with Crippen molar-refractivity contribution in [3.05, 3.63) is 0 Å². The molecule has 0 aromatic heterocycles. The molecule has 0 radical (unpaired) electrons. The Morgan fingerprint density at radius 1 is 1.04 bits per heavy atom. The number of rotatable bonds is 11. The Hall–Kier alpha value is -2.69. The Morgan fingerprint density at radius 2 is 1.62 bits per heavy atom. The number of nitrogens with two attached hydrogens (primary N) is 2. The number of aliphatic carboxylic acids is 1. The number of hydrogen-bond acceptors (Lipinski definition) is 6. The van der Waals surface area contributed by atoms with Gasteiger partial charge in [0.1, 0.15) is 12.1 Å². The van der Waals surface area contributed by atoms with E-state index < -0.39 is 60.7 Å². The summed E-state index contributed by atoms with van der Waals surface area (Å²) in [5, 5.41) is 15.6. The van der Waals surface area contributed by atoms with Crippen molar-refractivity contribution in [3.8, 4) is 0 Å². The van der Waals surface area contributed by atoms with Crippen molar-refractivity contribution in [2.45, 2.75) is 51.7 Å². The van der Waals surface area contributed by atoms with Gasteiger partial charge in [0, 0.05) is 0 Å². The van der Waals surface area contributed by atoms with Gasteiger partial charge in [-0.3, -0.25) is 19.2 Å². The molecule has 0 saturated heterocycles. The third kappa shape index (κ3) is 8.42. The molecule has 0 rings (SSSR count). The Labute approximate surface area is 151 Å². The predicted octanol–water partition coefficient (Wildman–Crippen LogP) is -2.57. The summed E-state index contributed by atoms with van der Waals surface area (Å²) in [6.45, 7) is 4.58. The first kappa shape index (κ1) is 23.3. The van der Waals surface area contributed by atoms with Gasteiger partial charge in [0.2, 0.25) is 23.6 Å². The van der Waals surface area contributed by atoms with Crippen molar-refractivity contribution in [1.82, 2.24) is 16.0 Å². The fourth-order valence-corrected chi connectivity index (χ4v) is 1.85. The number of carbonyl (C=O) groups excluding carboxylic acids is 4. The molecule has 0 aliphatic rings. The van der Waals surface area contributed by atoms with Crippen LogP contribution in [0.4, 0.5) is 0 Å². The van der Waals surface area contributed by atoms with Gasteiger partial charge in [-0.05, 0) is 12.8 Å². The minimum Gasteiger partial charge on any atom is -0.480 e. The van der Waals surface area contributed by atoms with Crippen molar-refractivity contribution >= 4 is 29.6 Å². The normalized spacial score (nSPS) is 15.1. The van der Waals surface area contributed by atoms with E-state index in [-0.39, 0.29) is 5.92 Å². The topological polar surface area (TPSA) is 194 Å². The number of carboxylic acid groups (broad SMARTS) is 1. The molecule has 0 fully saturated rings. The summed E-state index contributed by atoms with van der Waals surface area (Å²) in [5.41, 5.74) is 10.7. The highest BCUT2D eigenvalue weighted by Gasteiger charge is 2.25. The van der Waals surface area contributed by atoms with Gasteiger partial charge in [0.05, 0.1) is 19.0 Å². The number of hydrogen-bond donors (Lipinski definition) is 6. The van der Waals surface area contributed by atoms with E-state index in [9.17, 15) is 24.0 Å². The molecule has 4 unspecified atom stereocenters. The number of primary amides is 1. The van der Waals surface area contributed by atoms with Crippen LogP contribution < -0.4 is 27.4 Å². The molecule has 0 spiro atoms. The van der Waals surface area contributed by atoms with E-state index in [1.807, 2.05) is 13.8 Å². The predicted molar refractivity (Wildman–Crippen MR) is 91.4 cm³/mol. The SMILES string of the molecule is CCC(C)C(N)C(=O)NC(C)C(=O)NCC(=O)NC(CC(N)=O)C(=O)O. The van der Waals surface area contributed by atoms with E-state index >= 15 is 0 Å². The summed E-state index contributed by atoms with van der Waals surface area (Å²) in [4.78, 5) is 57.2. The van der Waals surface area contributed by atoms with Crippen LogP contribution in [0.25, 0.3) is 0 Å². The highest BCUT2D eigenvalue weighted by Crippen LogP contribution is 2.05. The first-order valence-electron chi connectivity index (χ1n) is 8.13. The van der Waals surface area contributed by atoms with Gasteiger partial charge in [0.15, 0.2) is 0 Å². The van der Waals surface area contributed by atoms with Gasteiger partial charge < -0.3 is 32.5 Å². The van der Waals surface area contributed by atoms with Crippen LogP contribution in [0.1, 0.15) is 33.6 Å². The minimum atomic E-state index is -1.48. The molecule has 148 valence electrons. The Morgan fingerprint density at radius 3 is 2.08 bits per heavy atom. The molecule has 26 heavy (non-hydrogen) atoms. The smallest absolute Gasteiger partial charge is 0.326 e. The second-order valence-corrected chi connectivity index (χ2v) is 5.99. The molecule has 4 atom stereocenters. The zero-order valence-corrected chi connectivity index (χ0v) is 15.1. The molecule has 0 aromatic rings. The van der Waals surface area contributed by atoms with E-state index in [1.54, 1.807) is 0 Å². The lowest BCUT2D eigenvalue weighted by molar-refractivity contribution is -0.143. The summed E-state index contributed by atoms with van der Waals surface area (Å²) < 4.78 is 0. The minimum absolute atomic E-state index is 0.0609. The summed E-state index contributed by atoms with van der Waals surface area (Å²) in [6.07, 6.45) is 0.125. The van der Waals surface area contributed by atoms with Crippen LogP contribution in [-0.2, 0) is 24.0 Å². The van der Waals surface area contributed by atoms with Crippen LogP contribution in [-0.4, -0.2) is 59.4 Å². The van der Waals surface area contributed by atoms with Crippen LogP contribution >= 0.6 is 0 Å². The quantitative estimate of drug-likeness (QED) is 0.229. The molecule has 8 N–H and O–H groups in total.